The summed E-state index contributed by atoms with van der Waals surface area (Å²) >= 11 is 15.3. The minimum atomic E-state index is -3.60. The van der Waals surface area contributed by atoms with Crippen LogP contribution in [0, 0.1) is 5.41 Å². The largest absolute Gasteiger partial charge is 0.242 e. The second-order valence-corrected chi connectivity index (χ2v) is 8.57. The average Bonchev–Trinajstić information content (AvgIpc) is 2.85. The number of benzene rings is 1. The summed E-state index contributed by atoms with van der Waals surface area (Å²) in [6.45, 7) is 0.366. The minimum Gasteiger partial charge on any atom is -0.211 e. The van der Waals surface area contributed by atoms with E-state index >= 15 is 0 Å². The molecule has 3 nitrogen and oxygen atoms in total. The standard InChI is InChI=1S/C13H16BrCl2NO2S/c14-10-3-4-12(11(16)7-10)20(18,19)17-9-13(8-15)5-1-2-6-13/h3-4,7,17H,1-2,5-6,8-9H2. The van der Waals surface area contributed by atoms with Gasteiger partial charge in [-0.3, -0.25) is 0 Å². The first kappa shape index (κ1) is 16.6. The molecule has 7 heteroatoms. The lowest BCUT2D eigenvalue weighted by Crippen LogP contribution is -2.37. The van der Waals surface area contributed by atoms with E-state index in [1.807, 2.05) is 0 Å². The van der Waals surface area contributed by atoms with Crippen LogP contribution in [0.1, 0.15) is 25.7 Å². The third-order valence-electron chi connectivity index (χ3n) is 3.77. The van der Waals surface area contributed by atoms with Gasteiger partial charge in [0, 0.05) is 16.9 Å². The molecule has 1 N–H and O–H groups in total. The lowest BCUT2D eigenvalue weighted by molar-refractivity contribution is 0.342. The van der Waals surface area contributed by atoms with Crippen LogP contribution in [0.5, 0.6) is 0 Å². The van der Waals surface area contributed by atoms with Crippen molar-refractivity contribution in [3.63, 3.8) is 0 Å². The Morgan fingerprint density at radius 3 is 2.50 bits per heavy atom. The number of hydrogen-bond acceptors (Lipinski definition) is 2. The predicted octanol–water partition coefficient (Wildman–Crippen LogP) is 4.18. The van der Waals surface area contributed by atoms with Gasteiger partial charge in [0.2, 0.25) is 10.0 Å². The number of rotatable bonds is 5. The molecule has 0 atom stereocenters. The highest BCUT2D eigenvalue weighted by atomic mass is 79.9. The van der Waals surface area contributed by atoms with E-state index in [4.69, 9.17) is 23.2 Å². The molecule has 0 unspecified atom stereocenters. The molecule has 0 spiro atoms. The van der Waals surface area contributed by atoms with E-state index in [-0.39, 0.29) is 15.3 Å². The summed E-state index contributed by atoms with van der Waals surface area (Å²) < 4.78 is 28.1. The highest BCUT2D eigenvalue weighted by Gasteiger charge is 2.34. The third kappa shape index (κ3) is 3.69. The Labute approximate surface area is 138 Å². The Morgan fingerprint density at radius 2 is 1.95 bits per heavy atom. The van der Waals surface area contributed by atoms with Crippen LogP contribution in [-0.2, 0) is 10.0 Å². The number of hydrogen-bond donors (Lipinski definition) is 1. The van der Waals surface area contributed by atoms with Gasteiger partial charge < -0.3 is 0 Å². The van der Waals surface area contributed by atoms with Crippen LogP contribution in [-0.4, -0.2) is 20.8 Å². The molecule has 1 aromatic carbocycles. The summed E-state index contributed by atoms with van der Waals surface area (Å²) in [4.78, 5) is 0.102. The first-order valence-electron chi connectivity index (χ1n) is 6.39. The quantitative estimate of drug-likeness (QED) is 0.753. The number of alkyl halides is 1. The van der Waals surface area contributed by atoms with Crippen molar-refractivity contribution in [3.8, 4) is 0 Å². The Hall–Kier alpha value is 0.190. The van der Waals surface area contributed by atoms with Gasteiger partial charge in [-0.2, -0.15) is 0 Å². The van der Waals surface area contributed by atoms with Crippen LogP contribution in [0.25, 0.3) is 0 Å². The second-order valence-electron chi connectivity index (χ2n) is 5.24. The zero-order chi connectivity index (χ0) is 14.8. The SMILES string of the molecule is O=S(=O)(NCC1(CCl)CCCC1)c1ccc(Br)cc1Cl. The van der Waals surface area contributed by atoms with Crippen molar-refractivity contribution in [1.29, 1.82) is 0 Å². The Balaban J connectivity index is 2.15. The minimum absolute atomic E-state index is 0.102. The molecule has 0 bridgehead atoms. The van der Waals surface area contributed by atoms with Gasteiger partial charge in [0.25, 0.3) is 0 Å². The molecular formula is C13H16BrCl2NO2S. The molecule has 0 aromatic heterocycles. The zero-order valence-corrected chi connectivity index (χ0v) is 14.7. The summed E-state index contributed by atoms with van der Waals surface area (Å²) in [6, 6.07) is 4.73. The van der Waals surface area contributed by atoms with Crippen LogP contribution in [0.15, 0.2) is 27.6 Å². The van der Waals surface area contributed by atoms with Gasteiger partial charge in [0.1, 0.15) is 4.90 Å². The van der Waals surface area contributed by atoms with E-state index in [1.165, 1.54) is 6.07 Å². The fourth-order valence-electron chi connectivity index (χ4n) is 2.50. The molecule has 0 radical (unpaired) electrons. The van der Waals surface area contributed by atoms with E-state index in [1.54, 1.807) is 12.1 Å². The van der Waals surface area contributed by atoms with Crippen LogP contribution >= 0.6 is 39.1 Å². The fraction of sp³-hybridized carbons (Fsp3) is 0.538. The van der Waals surface area contributed by atoms with Crippen molar-refractivity contribution in [1.82, 2.24) is 4.72 Å². The number of halogens is 3. The van der Waals surface area contributed by atoms with E-state index in [0.717, 1.165) is 30.2 Å². The second kappa shape index (κ2) is 6.53. The van der Waals surface area contributed by atoms with Crippen molar-refractivity contribution in [3.05, 3.63) is 27.7 Å². The van der Waals surface area contributed by atoms with Gasteiger partial charge in [-0.15, -0.1) is 11.6 Å². The zero-order valence-electron chi connectivity index (χ0n) is 10.8. The summed E-state index contributed by atoms with van der Waals surface area (Å²) in [5.41, 5.74) is -0.115. The third-order valence-corrected chi connectivity index (χ3v) is 6.71. The molecule has 0 aliphatic heterocycles. The lowest BCUT2D eigenvalue weighted by Gasteiger charge is -2.26. The van der Waals surface area contributed by atoms with Crippen LogP contribution in [0.4, 0.5) is 0 Å². The first-order valence-corrected chi connectivity index (χ1v) is 9.58. The van der Waals surface area contributed by atoms with E-state index in [9.17, 15) is 8.42 Å². The monoisotopic (exact) mass is 399 g/mol. The fourth-order valence-corrected chi connectivity index (χ4v) is 5.06. The molecule has 1 saturated carbocycles. The van der Waals surface area contributed by atoms with Crippen LogP contribution in [0.2, 0.25) is 5.02 Å². The lowest BCUT2D eigenvalue weighted by atomic mass is 9.89. The van der Waals surface area contributed by atoms with Crippen molar-refractivity contribution >= 4 is 49.2 Å². The summed E-state index contributed by atoms with van der Waals surface area (Å²) in [6.07, 6.45) is 4.14. The van der Waals surface area contributed by atoms with Crippen molar-refractivity contribution in [2.75, 3.05) is 12.4 Å². The molecular weight excluding hydrogens is 385 g/mol. The van der Waals surface area contributed by atoms with E-state index < -0.39 is 10.0 Å². The molecule has 1 fully saturated rings. The molecule has 0 saturated heterocycles. The van der Waals surface area contributed by atoms with Crippen molar-refractivity contribution in [2.24, 2.45) is 5.41 Å². The molecule has 112 valence electrons. The van der Waals surface area contributed by atoms with Gasteiger partial charge in [0.05, 0.1) is 5.02 Å². The maximum Gasteiger partial charge on any atom is 0.242 e. The summed E-state index contributed by atoms with van der Waals surface area (Å²) in [5, 5.41) is 0.207. The molecule has 1 aliphatic rings. The summed E-state index contributed by atoms with van der Waals surface area (Å²) in [5.74, 6) is 0.476. The van der Waals surface area contributed by atoms with E-state index in [0.29, 0.717) is 12.4 Å². The summed E-state index contributed by atoms with van der Waals surface area (Å²) in [7, 11) is -3.60. The van der Waals surface area contributed by atoms with Crippen LogP contribution < -0.4 is 4.72 Å². The predicted molar refractivity (Wildman–Crippen MR) is 86.0 cm³/mol. The number of nitrogens with one attached hydrogen (secondary N) is 1. The van der Waals surface area contributed by atoms with Gasteiger partial charge in [-0.05, 0) is 36.5 Å². The molecule has 20 heavy (non-hydrogen) atoms. The Bertz CT molecular complexity index is 586. The van der Waals surface area contributed by atoms with Gasteiger partial charge in [-0.1, -0.05) is 40.4 Å². The average molecular weight is 401 g/mol. The molecule has 2 rings (SSSR count). The molecule has 0 heterocycles. The maximum atomic E-state index is 12.3. The van der Waals surface area contributed by atoms with Crippen LogP contribution in [0.3, 0.4) is 0 Å². The first-order chi connectivity index (χ1) is 9.38. The normalized spacial score (nSPS) is 18.4. The van der Waals surface area contributed by atoms with Crippen molar-refractivity contribution < 1.29 is 8.42 Å². The molecule has 1 aliphatic carbocycles. The molecule has 1 aromatic rings. The van der Waals surface area contributed by atoms with Crippen molar-refractivity contribution in [2.45, 2.75) is 30.6 Å². The Kier molecular flexibility index (Phi) is 5.40. The van der Waals surface area contributed by atoms with Gasteiger partial charge in [0.15, 0.2) is 0 Å². The van der Waals surface area contributed by atoms with Gasteiger partial charge in [-0.25, -0.2) is 13.1 Å². The topological polar surface area (TPSA) is 46.2 Å². The highest BCUT2D eigenvalue weighted by Crippen LogP contribution is 2.39. The molecule has 0 amide bonds. The maximum absolute atomic E-state index is 12.3. The highest BCUT2D eigenvalue weighted by molar-refractivity contribution is 9.10. The smallest absolute Gasteiger partial charge is 0.211 e. The number of sulfonamides is 1. The Morgan fingerprint density at radius 1 is 1.30 bits per heavy atom. The van der Waals surface area contributed by atoms with E-state index in [2.05, 4.69) is 20.7 Å². The van der Waals surface area contributed by atoms with Gasteiger partial charge >= 0.3 is 0 Å².